The summed E-state index contributed by atoms with van der Waals surface area (Å²) in [6.07, 6.45) is 9.21. The summed E-state index contributed by atoms with van der Waals surface area (Å²) in [6, 6.07) is 7.09. The Bertz CT molecular complexity index is 1280. The van der Waals surface area contributed by atoms with Crippen molar-refractivity contribution in [3.63, 3.8) is 0 Å². The number of pyridine rings is 2. The molecule has 0 bridgehead atoms. The highest BCUT2D eigenvalue weighted by atomic mass is 31.0. The Morgan fingerprint density at radius 3 is 2.55 bits per heavy atom. The minimum absolute atomic E-state index is 0.321. The SMILES string of the molecule is CCC/C(C)=C(/C=C(\C)C(F)(F)F)c1cccnc1.Cc1ccc(NC(=O)C2=CC(OC(F)P)=CCC=C2)nc1. The standard InChI is InChI=1S/C15H18F3N.C15H16FN2O2P/c1-4-6-11(2)14(9-12(3)15(16,17)18)13-7-5-8-19-10-13;1-10-6-7-13(17-9-10)18-14(19)11-4-2-3-5-12(8-11)20-15(16)21/h5,7-10H,4,6H2,1-3H3;2,4-9,15H,3,21H2,1H3,(H,17,18,19)/b12-9+,14-11-;. The molecule has 10 heteroatoms. The van der Waals surface area contributed by atoms with Crippen molar-refractivity contribution < 1.29 is 27.1 Å². The molecule has 0 saturated carbocycles. The lowest BCUT2D eigenvalue weighted by Gasteiger charge is -2.12. The second-order valence-electron chi connectivity index (χ2n) is 9.00. The number of hydrogen-bond acceptors (Lipinski definition) is 4. The summed E-state index contributed by atoms with van der Waals surface area (Å²) in [7, 11) is 1.90. The molecule has 0 radical (unpaired) electrons. The largest absolute Gasteiger partial charge is 0.458 e. The molecular formula is C30H34F4N3O2P. The summed E-state index contributed by atoms with van der Waals surface area (Å²) in [5.74, 6) is 0.465. The second-order valence-corrected chi connectivity index (χ2v) is 9.52. The maximum atomic E-state index is 12.9. The van der Waals surface area contributed by atoms with Gasteiger partial charge in [-0.25, -0.2) is 4.98 Å². The molecule has 1 N–H and O–H groups in total. The fourth-order valence-corrected chi connectivity index (χ4v) is 3.66. The van der Waals surface area contributed by atoms with Gasteiger partial charge in [-0.2, -0.15) is 17.6 Å². The van der Waals surface area contributed by atoms with Crippen LogP contribution in [0, 0.1) is 6.92 Å². The van der Waals surface area contributed by atoms with Gasteiger partial charge in [0.2, 0.25) is 6.10 Å². The number of carbonyl (C=O) groups excluding carboxylic acids is 1. The normalized spacial score (nSPS) is 15.0. The van der Waals surface area contributed by atoms with Gasteiger partial charge in [0.05, 0.1) is 0 Å². The molecule has 5 nitrogen and oxygen atoms in total. The van der Waals surface area contributed by atoms with Crippen LogP contribution in [0.25, 0.3) is 5.57 Å². The number of rotatable bonds is 8. The van der Waals surface area contributed by atoms with Crippen molar-refractivity contribution in [1.82, 2.24) is 9.97 Å². The van der Waals surface area contributed by atoms with E-state index in [0.29, 0.717) is 29.1 Å². The fourth-order valence-electron chi connectivity index (χ4n) is 3.51. The van der Waals surface area contributed by atoms with Crippen LogP contribution in [0.15, 0.2) is 95.7 Å². The molecular weight excluding hydrogens is 541 g/mol. The average molecular weight is 576 g/mol. The van der Waals surface area contributed by atoms with Gasteiger partial charge in [0, 0.05) is 29.7 Å². The number of aromatic nitrogens is 2. The summed E-state index contributed by atoms with van der Waals surface area (Å²) in [5.41, 5.74) is 3.07. The first-order chi connectivity index (χ1) is 18.9. The van der Waals surface area contributed by atoms with Crippen molar-refractivity contribution in [3.05, 3.63) is 107 Å². The molecule has 2 atom stereocenters. The number of nitrogens with one attached hydrogen (secondary N) is 1. The second kappa shape index (κ2) is 15.9. The zero-order valence-corrected chi connectivity index (χ0v) is 24.1. The van der Waals surface area contributed by atoms with Gasteiger partial charge in [0.15, 0.2) is 0 Å². The number of ether oxygens (including phenoxy) is 1. The van der Waals surface area contributed by atoms with Crippen molar-refractivity contribution >= 4 is 26.5 Å². The lowest BCUT2D eigenvalue weighted by molar-refractivity contribution is -0.112. The lowest BCUT2D eigenvalue weighted by Crippen LogP contribution is -2.14. The molecule has 40 heavy (non-hydrogen) atoms. The van der Waals surface area contributed by atoms with E-state index in [9.17, 15) is 22.4 Å². The van der Waals surface area contributed by atoms with Crippen LogP contribution in [0.5, 0.6) is 0 Å². The molecule has 2 aromatic rings. The number of halogens is 4. The Morgan fingerprint density at radius 1 is 1.23 bits per heavy atom. The molecule has 1 amide bonds. The zero-order chi connectivity index (χ0) is 29.7. The third-order valence-corrected chi connectivity index (χ3v) is 5.72. The highest BCUT2D eigenvalue weighted by molar-refractivity contribution is 7.16. The van der Waals surface area contributed by atoms with Crippen LogP contribution in [0.3, 0.4) is 0 Å². The Kier molecular flexibility index (Phi) is 12.9. The number of anilines is 1. The number of allylic oxidation sites excluding steroid dienone is 7. The Morgan fingerprint density at radius 2 is 1.98 bits per heavy atom. The minimum Gasteiger partial charge on any atom is -0.458 e. The van der Waals surface area contributed by atoms with Gasteiger partial charge in [0.1, 0.15) is 11.6 Å². The van der Waals surface area contributed by atoms with Crippen molar-refractivity contribution in [2.24, 2.45) is 0 Å². The molecule has 0 aliphatic heterocycles. The molecule has 214 valence electrons. The number of nitrogens with zero attached hydrogens (tertiary/aromatic N) is 2. The molecule has 1 aliphatic carbocycles. The Hall–Kier alpha value is -3.58. The quantitative estimate of drug-likeness (QED) is 0.195. The van der Waals surface area contributed by atoms with Crippen molar-refractivity contribution in [2.45, 2.75) is 59.2 Å². The van der Waals surface area contributed by atoms with Gasteiger partial charge in [-0.15, -0.1) is 0 Å². The van der Waals surface area contributed by atoms with Gasteiger partial charge in [-0.3, -0.25) is 9.78 Å². The van der Waals surface area contributed by atoms with Crippen LogP contribution in [0.2, 0.25) is 0 Å². The van der Waals surface area contributed by atoms with Crippen LogP contribution in [-0.4, -0.2) is 28.2 Å². The van der Waals surface area contributed by atoms with Crippen LogP contribution in [0.4, 0.5) is 23.4 Å². The molecule has 2 aromatic heterocycles. The van der Waals surface area contributed by atoms with E-state index >= 15 is 0 Å². The van der Waals surface area contributed by atoms with E-state index in [1.807, 2.05) is 36.1 Å². The van der Waals surface area contributed by atoms with E-state index in [0.717, 1.165) is 36.5 Å². The van der Waals surface area contributed by atoms with Gasteiger partial charge >= 0.3 is 6.18 Å². The van der Waals surface area contributed by atoms with E-state index in [1.165, 1.54) is 12.2 Å². The van der Waals surface area contributed by atoms with Crippen LogP contribution in [-0.2, 0) is 9.53 Å². The first-order valence-corrected chi connectivity index (χ1v) is 13.3. The lowest BCUT2D eigenvalue weighted by atomic mass is 9.97. The maximum absolute atomic E-state index is 12.9. The number of alkyl halides is 4. The minimum atomic E-state index is -4.29. The highest BCUT2D eigenvalue weighted by Gasteiger charge is 2.30. The smallest absolute Gasteiger partial charge is 0.412 e. The van der Waals surface area contributed by atoms with Crippen LogP contribution < -0.4 is 5.32 Å². The van der Waals surface area contributed by atoms with Crippen molar-refractivity contribution in [1.29, 1.82) is 0 Å². The Balaban J connectivity index is 0.000000282. The predicted octanol–water partition coefficient (Wildman–Crippen LogP) is 8.41. The third-order valence-electron chi connectivity index (χ3n) is 5.58. The fraction of sp³-hybridized carbons (Fsp3) is 0.300. The van der Waals surface area contributed by atoms with Gasteiger partial charge in [-0.1, -0.05) is 52.4 Å². The van der Waals surface area contributed by atoms with Gasteiger partial charge < -0.3 is 10.1 Å². The Labute approximate surface area is 235 Å². The number of amides is 1. The molecule has 0 saturated heterocycles. The average Bonchev–Trinajstić information content (AvgIpc) is 3.14. The van der Waals surface area contributed by atoms with E-state index in [2.05, 4.69) is 15.3 Å². The topological polar surface area (TPSA) is 64.1 Å². The summed E-state index contributed by atoms with van der Waals surface area (Å²) in [6.45, 7) is 6.88. The van der Waals surface area contributed by atoms with E-state index in [4.69, 9.17) is 4.74 Å². The maximum Gasteiger partial charge on any atom is 0.412 e. The summed E-state index contributed by atoms with van der Waals surface area (Å²) < 4.78 is 55.8. The van der Waals surface area contributed by atoms with Crippen LogP contribution in [0.1, 0.15) is 51.2 Å². The summed E-state index contributed by atoms with van der Waals surface area (Å²) >= 11 is 0. The third kappa shape index (κ3) is 11.3. The number of aryl methyl sites for hydroxylation is 1. The zero-order valence-electron chi connectivity index (χ0n) is 22.9. The predicted molar refractivity (Wildman–Crippen MR) is 155 cm³/mol. The van der Waals surface area contributed by atoms with E-state index < -0.39 is 17.8 Å². The molecule has 2 unspecified atom stereocenters. The molecule has 1 aliphatic rings. The summed E-state index contributed by atoms with van der Waals surface area (Å²) in [5, 5.41) is 2.69. The molecule has 0 fully saturated rings. The van der Waals surface area contributed by atoms with Crippen molar-refractivity contribution in [3.8, 4) is 0 Å². The molecule has 0 spiro atoms. The number of carbonyl (C=O) groups is 1. The monoisotopic (exact) mass is 575 g/mol. The molecule has 0 aromatic carbocycles. The first-order valence-electron chi connectivity index (χ1n) is 12.6. The summed E-state index contributed by atoms with van der Waals surface area (Å²) in [4.78, 5) is 20.3. The van der Waals surface area contributed by atoms with Gasteiger partial charge in [0.25, 0.3) is 5.91 Å². The molecule has 3 rings (SSSR count). The van der Waals surface area contributed by atoms with Crippen molar-refractivity contribution in [2.75, 3.05) is 5.32 Å². The molecule has 2 heterocycles. The number of hydrogen-bond donors (Lipinski definition) is 1. The van der Waals surface area contributed by atoms with Gasteiger partial charge in [-0.05, 0) is 80.7 Å². The van der Waals surface area contributed by atoms with E-state index in [1.54, 1.807) is 55.0 Å². The van der Waals surface area contributed by atoms with Crippen LogP contribution >= 0.6 is 9.24 Å². The van der Waals surface area contributed by atoms with E-state index in [-0.39, 0.29) is 5.91 Å². The highest BCUT2D eigenvalue weighted by Crippen LogP contribution is 2.30. The first kappa shape index (κ1) is 32.6.